The van der Waals surface area contributed by atoms with E-state index >= 15 is 4.39 Å². The molecule has 0 atom stereocenters. The molecular formula is C25H19F2N7S. The van der Waals surface area contributed by atoms with Gasteiger partial charge in [0.1, 0.15) is 11.5 Å². The third kappa shape index (κ3) is 3.86. The molecule has 0 radical (unpaired) electrons. The molecule has 6 aromatic rings. The van der Waals surface area contributed by atoms with Gasteiger partial charge < -0.3 is 10.3 Å². The van der Waals surface area contributed by atoms with Gasteiger partial charge in [-0.2, -0.15) is 9.49 Å². The molecule has 0 fully saturated rings. The van der Waals surface area contributed by atoms with Gasteiger partial charge in [0.2, 0.25) is 0 Å². The van der Waals surface area contributed by atoms with Crippen LogP contribution in [0.5, 0.6) is 0 Å². The molecule has 7 nitrogen and oxygen atoms in total. The molecule has 0 spiro atoms. The van der Waals surface area contributed by atoms with Crippen LogP contribution < -0.4 is 5.32 Å². The van der Waals surface area contributed by atoms with Gasteiger partial charge in [0.15, 0.2) is 16.6 Å². The van der Waals surface area contributed by atoms with E-state index in [0.717, 1.165) is 33.9 Å². The second-order valence-corrected chi connectivity index (χ2v) is 9.09. The summed E-state index contributed by atoms with van der Waals surface area (Å²) in [5.74, 6) is 0.114. The molecule has 5 heterocycles. The maximum atomic E-state index is 15.1. The summed E-state index contributed by atoms with van der Waals surface area (Å²) in [7, 11) is 0. The maximum Gasteiger partial charge on any atom is 0.178 e. The Labute approximate surface area is 202 Å². The first-order chi connectivity index (χ1) is 17.1. The highest BCUT2D eigenvalue weighted by atomic mass is 32.1. The molecule has 5 aromatic heterocycles. The minimum atomic E-state index is -0.372. The summed E-state index contributed by atoms with van der Waals surface area (Å²) in [6, 6.07) is 10.1. The zero-order valence-electron chi connectivity index (χ0n) is 18.6. The van der Waals surface area contributed by atoms with Crippen molar-refractivity contribution < 1.29 is 8.78 Å². The first kappa shape index (κ1) is 21.5. The molecule has 0 amide bonds. The Morgan fingerprint density at radius 1 is 1.06 bits per heavy atom. The normalized spacial score (nSPS) is 11.6. The smallest absolute Gasteiger partial charge is 0.178 e. The fourth-order valence-electron chi connectivity index (χ4n) is 4.13. The Morgan fingerprint density at radius 3 is 2.80 bits per heavy atom. The number of H-pyrrole nitrogens is 2. The molecule has 0 bridgehead atoms. The predicted octanol–water partition coefficient (Wildman–Crippen LogP) is 5.68. The molecule has 3 N–H and O–H groups in total. The lowest BCUT2D eigenvalue weighted by molar-refractivity contribution is 0.632. The van der Waals surface area contributed by atoms with Crippen LogP contribution in [0.3, 0.4) is 0 Å². The predicted molar refractivity (Wildman–Crippen MR) is 133 cm³/mol. The number of nitrogens with zero attached hydrogens (tertiary/aromatic N) is 4. The Balaban J connectivity index is 1.46. The highest BCUT2D eigenvalue weighted by Crippen LogP contribution is 2.35. The largest absolute Gasteiger partial charge is 0.335 e. The Morgan fingerprint density at radius 2 is 1.97 bits per heavy atom. The van der Waals surface area contributed by atoms with E-state index in [1.807, 2.05) is 19.1 Å². The van der Waals surface area contributed by atoms with Crippen LogP contribution in [0.15, 0.2) is 55.0 Å². The Kier molecular flexibility index (Phi) is 5.31. The summed E-state index contributed by atoms with van der Waals surface area (Å²) < 4.78 is 28.7. The van der Waals surface area contributed by atoms with Crippen molar-refractivity contribution in [3.05, 3.63) is 71.5 Å². The van der Waals surface area contributed by atoms with Crippen molar-refractivity contribution in [2.75, 3.05) is 6.54 Å². The van der Waals surface area contributed by atoms with E-state index in [1.165, 1.54) is 12.1 Å². The van der Waals surface area contributed by atoms with Crippen molar-refractivity contribution in [1.82, 2.24) is 35.5 Å². The van der Waals surface area contributed by atoms with E-state index in [0.29, 0.717) is 51.3 Å². The maximum absolute atomic E-state index is 15.1. The first-order valence-electron chi connectivity index (χ1n) is 11.0. The molecular weight excluding hydrogens is 468 g/mol. The number of pyridine rings is 2. The van der Waals surface area contributed by atoms with Crippen molar-refractivity contribution in [3.8, 4) is 33.1 Å². The molecule has 0 saturated heterocycles. The number of halogens is 2. The van der Waals surface area contributed by atoms with E-state index in [1.54, 1.807) is 30.7 Å². The molecule has 0 unspecified atom stereocenters. The summed E-state index contributed by atoms with van der Waals surface area (Å²) in [5.41, 5.74) is 5.14. The van der Waals surface area contributed by atoms with E-state index in [-0.39, 0.29) is 10.9 Å². The zero-order chi connectivity index (χ0) is 23.9. The number of hydrogen-bond acceptors (Lipinski definition) is 6. The van der Waals surface area contributed by atoms with Gasteiger partial charge in [-0.1, -0.05) is 6.92 Å². The number of aromatic amines is 2. The van der Waals surface area contributed by atoms with Gasteiger partial charge in [-0.05, 0) is 42.4 Å². The highest BCUT2D eigenvalue weighted by molar-refractivity contribution is 7.14. The van der Waals surface area contributed by atoms with Crippen LogP contribution in [0.4, 0.5) is 8.78 Å². The zero-order valence-corrected chi connectivity index (χ0v) is 19.4. The van der Waals surface area contributed by atoms with Crippen LogP contribution in [0.25, 0.3) is 55.2 Å². The highest BCUT2D eigenvalue weighted by Gasteiger charge is 2.18. The molecule has 0 aliphatic rings. The van der Waals surface area contributed by atoms with Gasteiger partial charge in [0, 0.05) is 58.2 Å². The van der Waals surface area contributed by atoms with E-state index < -0.39 is 0 Å². The number of rotatable bonds is 6. The molecule has 1 aromatic carbocycles. The van der Waals surface area contributed by atoms with Crippen LogP contribution in [0.1, 0.15) is 12.5 Å². The standard InChI is InChI=1S/C25H19F2N7S/c1-2-28-10-13-7-14(12-29-11-13)16-8-17-19(9-18(16)26)33-34-23(17)25-31-22-15(5-6-30-24(22)32-25)20-3-4-21(27)35-20/h3-9,11-12,28H,2,10H2,1H3,(H,33,34)(H,30,31,32). The van der Waals surface area contributed by atoms with E-state index in [2.05, 4.69) is 35.5 Å². The number of benzene rings is 1. The first-order valence-corrected chi connectivity index (χ1v) is 11.9. The average Bonchev–Trinajstić information content (AvgIpc) is 3.59. The van der Waals surface area contributed by atoms with Crippen molar-refractivity contribution >= 4 is 33.4 Å². The third-order valence-electron chi connectivity index (χ3n) is 5.79. The van der Waals surface area contributed by atoms with Crippen LogP contribution in [0, 0.1) is 10.9 Å². The SMILES string of the molecule is CCNCc1cncc(-c2cc3c(-c4nc5nccc(-c6ccc(F)s6)c5[nH]4)n[nH]c3cc2F)c1. The topological polar surface area (TPSA) is 95.2 Å². The van der Waals surface area contributed by atoms with Gasteiger partial charge in [0.25, 0.3) is 0 Å². The van der Waals surface area contributed by atoms with Crippen molar-refractivity contribution in [2.45, 2.75) is 13.5 Å². The summed E-state index contributed by atoms with van der Waals surface area (Å²) in [4.78, 5) is 17.3. The van der Waals surface area contributed by atoms with Crippen LogP contribution in [-0.2, 0) is 6.54 Å². The lowest BCUT2D eigenvalue weighted by atomic mass is 10.0. The van der Waals surface area contributed by atoms with Crippen molar-refractivity contribution in [3.63, 3.8) is 0 Å². The minimum absolute atomic E-state index is 0.262. The van der Waals surface area contributed by atoms with Crippen LogP contribution in [-0.4, -0.2) is 36.7 Å². The number of fused-ring (bicyclic) bond motifs is 2. The van der Waals surface area contributed by atoms with Crippen LogP contribution >= 0.6 is 11.3 Å². The number of aromatic nitrogens is 6. The molecule has 174 valence electrons. The Hall–Kier alpha value is -4.02. The van der Waals surface area contributed by atoms with Crippen LogP contribution in [0.2, 0.25) is 0 Å². The van der Waals surface area contributed by atoms with Crippen molar-refractivity contribution in [1.29, 1.82) is 0 Å². The number of imidazole rings is 1. The number of thiophene rings is 1. The van der Waals surface area contributed by atoms with Gasteiger partial charge in [-0.3, -0.25) is 10.1 Å². The van der Waals surface area contributed by atoms with E-state index in [9.17, 15) is 4.39 Å². The third-order valence-corrected chi connectivity index (χ3v) is 6.70. The second-order valence-electron chi connectivity index (χ2n) is 8.06. The number of nitrogens with one attached hydrogen (secondary N) is 3. The van der Waals surface area contributed by atoms with Gasteiger partial charge in [0.05, 0.1) is 11.0 Å². The number of hydrogen-bond donors (Lipinski definition) is 3. The molecule has 0 aliphatic heterocycles. The molecule has 35 heavy (non-hydrogen) atoms. The summed E-state index contributed by atoms with van der Waals surface area (Å²) in [5, 5.41) is 11.0. The molecule has 6 rings (SSSR count). The van der Waals surface area contributed by atoms with Gasteiger partial charge >= 0.3 is 0 Å². The summed E-state index contributed by atoms with van der Waals surface area (Å²) in [6.07, 6.45) is 5.06. The monoisotopic (exact) mass is 487 g/mol. The molecule has 0 saturated carbocycles. The minimum Gasteiger partial charge on any atom is -0.335 e. The summed E-state index contributed by atoms with van der Waals surface area (Å²) >= 11 is 1.06. The van der Waals surface area contributed by atoms with Gasteiger partial charge in [-0.15, -0.1) is 11.3 Å². The summed E-state index contributed by atoms with van der Waals surface area (Å²) in [6.45, 7) is 3.51. The second kappa shape index (κ2) is 8.64. The van der Waals surface area contributed by atoms with Gasteiger partial charge in [-0.25, -0.2) is 14.4 Å². The lowest BCUT2D eigenvalue weighted by Crippen LogP contribution is -2.11. The Bertz CT molecular complexity index is 1680. The quantitative estimate of drug-likeness (QED) is 0.281. The van der Waals surface area contributed by atoms with Crippen molar-refractivity contribution in [2.24, 2.45) is 0 Å². The molecule has 0 aliphatic carbocycles. The van der Waals surface area contributed by atoms with E-state index in [4.69, 9.17) is 0 Å². The fourth-order valence-corrected chi connectivity index (χ4v) is 4.89. The average molecular weight is 488 g/mol. The molecule has 10 heteroatoms. The fraction of sp³-hybridized carbons (Fsp3) is 0.120. The lowest BCUT2D eigenvalue weighted by Gasteiger charge is -2.07.